The smallest absolute Gasteiger partial charge is 0.258 e. The summed E-state index contributed by atoms with van der Waals surface area (Å²) < 4.78 is 29.3. The van der Waals surface area contributed by atoms with Gasteiger partial charge in [-0.25, -0.2) is 8.60 Å². The van der Waals surface area contributed by atoms with Crippen LogP contribution in [0.5, 0.6) is 0 Å². The van der Waals surface area contributed by atoms with Crippen LogP contribution in [0.1, 0.15) is 38.8 Å². The van der Waals surface area contributed by atoms with E-state index in [1.54, 1.807) is 20.8 Å². The van der Waals surface area contributed by atoms with Crippen molar-refractivity contribution in [2.45, 2.75) is 39.4 Å². The number of hydrogen-bond acceptors (Lipinski definition) is 3. The Labute approximate surface area is 119 Å². The third-order valence-corrected chi connectivity index (χ3v) is 4.07. The lowest BCUT2D eigenvalue weighted by Crippen LogP contribution is -2.21. The highest BCUT2D eigenvalue weighted by Gasteiger charge is 2.21. The third-order valence-electron chi connectivity index (χ3n) is 2.58. The Balaban J connectivity index is 3.36. The Bertz CT molecular complexity index is 606. The lowest BCUT2D eigenvalue weighted by Gasteiger charge is -2.14. The van der Waals surface area contributed by atoms with Gasteiger partial charge in [0.1, 0.15) is 16.8 Å². The summed E-state index contributed by atoms with van der Waals surface area (Å²) >= 11 is 0. The molecule has 7 heteroatoms. The molecular weight excluding hydrogens is 283 g/mol. The standard InChI is InChI=1S/C13H17FN2O3S/c1-8-6-10(16(17)18)7-11(12(8)14)9(2)15-20(19)13(3,4)5/h6-7H,1-5H3/t20-/m1/s1. The fourth-order valence-electron chi connectivity index (χ4n) is 1.43. The molecule has 0 spiro atoms. The first-order valence-corrected chi connectivity index (χ1v) is 7.07. The lowest BCUT2D eigenvalue weighted by atomic mass is 10.1. The Hall–Kier alpha value is -1.63. The topological polar surface area (TPSA) is 72.6 Å². The van der Waals surface area contributed by atoms with Crippen molar-refractivity contribution in [3.8, 4) is 0 Å². The van der Waals surface area contributed by atoms with Gasteiger partial charge in [-0.15, -0.1) is 0 Å². The molecule has 0 unspecified atom stereocenters. The Morgan fingerprint density at radius 1 is 1.40 bits per heavy atom. The van der Waals surface area contributed by atoms with Crippen molar-refractivity contribution < 1.29 is 13.5 Å². The van der Waals surface area contributed by atoms with E-state index in [4.69, 9.17) is 0 Å². The molecule has 0 heterocycles. The van der Waals surface area contributed by atoms with Gasteiger partial charge in [-0.1, -0.05) is 0 Å². The predicted octanol–water partition coefficient (Wildman–Crippen LogP) is 3.31. The Kier molecular flexibility index (Phi) is 4.75. The maximum absolute atomic E-state index is 14.0. The molecule has 110 valence electrons. The molecule has 0 saturated carbocycles. The van der Waals surface area contributed by atoms with E-state index in [1.165, 1.54) is 13.8 Å². The molecule has 1 rings (SSSR count). The van der Waals surface area contributed by atoms with E-state index in [-0.39, 0.29) is 22.5 Å². The first kappa shape index (κ1) is 16.4. The van der Waals surface area contributed by atoms with Crippen LogP contribution in [0.15, 0.2) is 16.5 Å². The number of hydrogen-bond donors (Lipinski definition) is 0. The van der Waals surface area contributed by atoms with Gasteiger partial charge in [0.05, 0.1) is 15.4 Å². The van der Waals surface area contributed by atoms with Crippen LogP contribution >= 0.6 is 0 Å². The highest BCUT2D eigenvalue weighted by molar-refractivity contribution is 7.85. The van der Waals surface area contributed by atoms with Crippen LogP contribution in [0.2, 0.25) is 0 Å². The average molecular weight is 300 g/mol. The van der Waals surface area contributed by atoms with E-state index >= 15 is 0 Å². The van der Waals surface area contributed by atoms with Crippen molar-refractivity contribution in [1.82, 2.24) is 0 Å². The monoisotopic (exact) mass is 300 g/mol. The molecule has 0 aromatic heterocycles. The van der Waals surface area contributed by atoms with E-state index in [0.717, 1.165) is 12.1 Å². The molecule has 20 heavy (non-hydrogen) atoms. The van der Waals surface area contributed by atoms with Gasteiger partial charge in [0.2, 0.25) is 0 Å². The van der Waals surface area contributed by atoms with Crippen LogP contribution in [-0.2, 0) is 11.0 Å². The van der Waals surface area contributed by atoms with Gasteiger partial charge in [0.15, 0.2) is 0 Å². The van der Waals surface area contributed by atoms with Crippen molar-refractivity contribution in [3.63, 3.8) is 0 Å². The summed E-state index contributed by atoms with van der Waals surface area (Å²) in [6, 6.07) is 2.27. The molecule has 0 N–H and O–H groups in total. The number of benzene rings is 1. The van der Waals surface area contributed by atoms with Crippen LogP contribution in [0.25, 0.3) is 0 Å². The minimum Gasteiger partial charge on any atom is -0.258 e. The minimum atomic E-state index is -1.55. The first-order valence-electron chi connectivity index (χ1n) is 5.96. The average Bonchev–Trinajstić information content (AvgIpc) is 2.30. The molecular formula is C13H17FN2O3S. The molecule has 1 atom stereocenters. The quantitative estimate of drug-likeness (QED) is 0.488. The van der Waals surface area contributed by atoms with E-state index in [1.807, 2.05) is 0 Å². The minimum absolute atomic E-state index is 0.00861. The van der Waals surface area contributed by atoms with E-state index < -0.39 is 26.5 Å². The molecule has 0 amide bonds. The molecule has 0 aliphatic carbocycles. The summed E-state index contributed by atoms with van der Waals surface area (Å²) in [6.07, 6.45) is 0. The van der Waals surface area contributed by atoms with Crippen LogP contribution in [0, 0.1) is 22.9 Å². The van der Waals surface area contributed by atoms with Gasteiger partial charge in [-0.3, -0.25) is 10.1 Å². The summed E-state index contributed by atoms with van der Waals surface area (Å²) in [5.74, 6) is -0.581. The van der Waals surface area contributed by atoms with E-state index in [2.05, 4.69) is 4.40 Å². The zero-order valence-corrected chi connectivity index (χ0v) is 12.9. The predicted molar refractivity (Wildman–Crippen MR) is 77.9 cm³/mol. The van der Waals surface area contributed by atoms with E-state index in [0.29, 0.717) is 0 Å². The molecule has 0 saturated heterocycles. The second-order valence-corrected chi connectivity index (χ2v) is 7.33. The number of nitrogens with zero attached hydrogens (tertiary/aromatic N) is 2. The van der Waals surface area contributed by atoms with Gasteiger partial charge in [-0.05, 0) is 40.2 Å². The lowest BCUT2D eigenvalue weighted by molar-refractivity contribution is -0.385. The SMILES string of the molecule is CC(=N[S@](=O)C(C)(C)C)c1cc([N+](=O)[O-])cc(C)c1F. The molecule has 0 bridgehead atoms. The molecule has 1 aromatic carbocycles. The molecule has 0 fully saturated rings. The number of rotatable bonds is 3. The van der Waals surface area contributed by atoms with Crippen LogP contribution in [0.4, 0.5) is 10.1 Å². The fourth-order valence-corrected chi connectivity index (χ4v) is 2.05. The van der Waals surface area contributed by atoms with Crippen molar-refractivity contribution in [2.75, 3.05) is 0 Å². The van der Waals surface area contributed by atoms with Crippen LogP contribution in [-0.4, -0.2) is 19.6 Å². The van der Waals surface area contributed by atoms with E-state index in [9.17, 15) is 18.7 Å². The van der Waals surface area contributed by atoms with Crippen LogP contribution in [0.3, 0.4) is 0 Å². The normalized spacial score (nSPS) is 14.2. The number of non-ortho nitro benzene ring substituents is 1. The highest BCUT2D eigenvalue weighted by atomic mass is 32.2. The number of halogens is 1. The second-order valence-electron chi connectivity index (χ2n) is 5.42. The van der Waals surface area contributed by atoms with Crippen molar-refractivity contribution in [1.29, 1.82) is 0 Å². The van der Waals surface area contributed by atoms with Crippen LogP contribution < -0.4 is 0 Å². The summed E-state index contributed by atoms with van der Waals surface area (Å²) in [4.78, 5) is 10.2. The molecule has 0 radical (unpaired) electrons. The summed E-state index contributed by atoms with van der Waals surface area (Å²) in [5, 5.41) is 10.8. The Morgan fingerprint density at radius 2 is 1.95 bits per heavy atom. The van der Waals surface area contributed by atoms with Crippen molar-refractivity contribution >= 4 is 22.4 Å². The fraction of sp³-hybridized carbons (Fsp3) is 0.462. The summed E-state index contributed by atoms with van der Waals surface area (Å²) in [6.45, 7) is 8.17. The Morgan fingerprint density at radius 3 is 2.40 bits per heavy atom. The number of aryl methyl sites for hydroxylation is 1. The van der Waals surface area contributed by atoms with Crippen molar-refractivity contribution in [3.05, 3.63) is 39.2 Å². The van der Waals surface area contributed by atoms with Gasteiger partial charge in [0.25, 0.3) is 5.69 Å². The molecule has 1 aromatic rings. The maximum atomic E-state index is 14.0. The second kappa shape index (κ2) is 5.78. The number of nitro groups is 1. The third kappa shape index (κ3) is 3.69. The zero-order chi connectivity index (χ0) is 15.7. The highest BCUT2D eigenvalue weighted by Crippen LogP contribution is 2.22. The summed E-state index contributed by atoms with van der Waals surface area (Å²) in [5.41, 5.74) is 0.136. The van der Waals surface area contributed by atoms with Crippen molar-refractivity contribution in [2.24, 2.45) is 4.40 Å². The van der Waals surface area contributed by atoms with Gasteiger partial charge < -0.3 is 0 Å². The van der Waals surface area contributed by atoms with Gasteiger partial charge in [0, 0.05) is 17.7 Å². The van der Waals surface area contributed by atoms with Gasteiger partial charge in [-0.2, -0.15) is 4.40 Å². The summed E-state index contributed by atoms with van der Waals surface area (Å²) in [7, 11) is -1.55. The molecule has 0 aliphatic heterocycles. The molecule has 5 nitrogen and oxygen atoms in total. The largest absolute Gasteiger partial charge is 0.270 e. The van der Waals surface area contributed by atoms with Gasteiger partial charge >= 0.3 is 0 Å². The zero-order valence-electron chi connectivity index (χ0n) is 12.1. The first-order chi connectivity index (χ1) is 9.04. The number of nitro benzene ring substituents is 1. The molecule has 0 aliphatic rings. The maximum Gasteiger partial charge on any atom is 0.270 e.